The number of aromatic nitrogens is 3. The molecule has 2 aliphatic heterocycles. The van der Waals surface area contributed by atoms with Gasteiger partial charge in [-0.15, -0.1) is 0 Å². The summed E-state index contributed by atoms with van der Waals surface area (Å²) in [5, 5.41) is 48.1. The highest BCUT2D eigenvalue weighted by Crippen LogP contribution is 2.32. The first-order valence-corrected chi connectivity index (χ1v) is 22.5. The van der Waals surface area contributed by atoms with Crippen LogP contribution in [-0.2, 0) is 18.9 Å². The molecule has 0 spiro atoms. The number of aromatic hydroxyl groups is 3. The van der Waals surface area contributed by atoms with Crippen molar-refractivity contribution in [1.29, 1.82) is 0 Å². The SMILES string of the molecule is CC(C)(C)OC(=O)NC[C@@H]1C[C@H](NC(=O)OC(C)(C)C)CN1c1nc(Nc2ccc(NC(=O)c3ccc(O)cc3O)c(O)c2)nc(N2C[C@H](NC(=O)OC(C)(C)C)C[C@H](NC(=O)OC(C)(C)C)C2)n1. The quantitative estimate of drug-likeness (QED) is 0.0789. The van der Waals surface area contributed by atoms with E-state index in [0.29, 0.717) is 6.42 Å². The van der Waals surface area contributed by atoms with Crippen LogP contribution in [0.25, 0.3) is 0 Å². The van der Waals surface area contributed by atoms with Crippen molar-refractivity contribution in [2.45, 2.75) is 142 Å². The molecular weight excluding hydrogens is 899 g/mol. The molecule has 3 heterocycles. The molecule has 2 fully saturated rings. The fraction of sp³-hybridized carbons (Fsp3) is 0.565. The van der Waals surface area contributed by atoms with Crippen molar-refractivity contribution >= 4 is 59.5 Å². The lowest BCUT2D eigenvalue weighted by molar-refractivity contribution is 0.0467. The molecule has 3 aromatic rings. The third kappa shape index (κ3) is 16.8. The molecule has 0 saturated carbocycles. The number of alkyl carbamates (subject to hydrolysis) is 4. The molecule has 0 unspecified atom stereocenters. The molecule has 23 nitrogen and oxygen atoms in total. The Kier molecular flexibility index (Phi) is 16.0. The molecule has 2 saturated heterocycles. The number of amides is 5. The zero-order chi connectivity index (χ0) is 51.2. The van der Waals surface area contributed by atoms with E-state index in [9.17, 15) is 39.3 Å². The van der Waals surface area contributed by atoms with Crippen LogP contribution in [0.2, 0.25) is 0 Å². The zero-order valence-corrected chi connectivity index (χ0v) is 41.3. The Labute approximate surface area is 401 Å². The maximum atomic E-state index is 13.1. The molecule has 23 heteroatoms. The van der Waals surface area contributed by atoms with Gasteiger partial charge >= 0.3 is 24.4 Å². The Bertz CT molecular complexity index is 2320. The van der Waals surface area contributed by atoms with Crippen molar-refractivity contribution in [3.63, 3.8) is 0 Å². The summed E-state index contributed by atoms with van der Waals surface area (Å²) in [6, 6.07) is 5.48. The largest absolute Gasteiger partial charge is 0.508 e. The summed E-state index contributed by atoms with van der Waals surface area (Å²) in [4.78, 5) is 83.2. The Balaban J connectivity index is 1.54. The topological polar surface area (TPSA) is 300 Å². The van der Waals surface area contributed by atoms with Gasteiger partial charge in [0.2, 0.25) is 17.8 Å². The summed E-state index contributed by atoms with van der Waals surface area (Å²) in [7, 11) is 0. The van der Waals surface area contributed by atoms with Gasteiger partial charge in [0.1, 0.15) is 39.7 Å². The number of phenolic OH excluding ortho intramolecular Hbond substituents is 3. The first kappa shape index (κ1) is 52.8. The molecule has 0 bridgehead atoms. The highest BCUT2D eigenvalue weighted by atomic mass is 16.6. The standard InChI is InChI=1S/C46H67N11O12/c1-43(2,3)66-39(62)47-21-29-18-28(51-42(65)69-46(10,11)12)24-57(29)38-54-36(48-25-13-16-32(34(60)19-25)52-35(61)31-15-14-30(58)20-33(31)59)53-37(55-38)56-22-26(49-40(63)67-44(4,5)6)17-27(23-56)50-41(64)68-45(7,8)9/h13-16,19-20,26-29,58-60H,17-18,21-24H2,1-12H3,(H,47,62)(H,49,63)(H,50,64)(H,51,65)(H,52,61)(H,48,53,54,55)/t26-,27+,28-,29-/m0/s1. The summed E-state index contributed by atoms with van der Waals surface area (Å²) in [5.74, 6) is -1.65. The third-order valence-corrected chi connectivity index (χ3v) is 9.79. The Morgan fingerprint density at radius 2 is 1.12 bits per heavy atom. The van der Waals surface area contributed by atoms with E-state index in [0.717, 1.165) is 6.07 Å². The minimum Gasteiger partial charge on any atom is -0.508 e. The van der Waals surface area contributed by atoms with Crippen LogP contribution in [0, 0.1) is 0 Å². The number of ether oxygens (including phenoxy) is 4. The Morgan fingerprint density at radius 3 is 1.62 bits per heavy atom. The Hall–Kier alpha value is -7.20. The number of hydrogen-bond acceptors (Lipinski definition) is 18. The predicted molar refractivity (Wildman–Crippen MR) is 255 cm³/mol. The summed E-state index contributed by atoms with van der Waals surface area (Å²) in [5.41, 5.74) is -3.04. The van der Waals surface area contributed by atoms with Crippen molar-refractivity contribution in [3.8, 4) is 17.2 Å². The second-order valence-electron chi connectivity index (χ2n) is 20.9. The molecule has 5 amide bonds. The molecule has 9 N–H and O–H groups in total. The molecule has 0 aliphatic carbocycles. The summed E-state index contributed by atoms with van der Waals surface area (Å²) in [6.07, 6.45) is -2.06. The van der Waals surface area contributed by atoms with Crippen molar-refractivity contribution in [2.75, 3.05) is 46.6 Å². The second-order valence-corrected chi connectivity index (χ2v) is 20.9. The lowest BCUT2D eigenvalue weighted by atomic mass is 10.0. The first-order chi connectivity index (χ1) is 31.9. The van der Waals surface area contributed by atoms with Crippen LogP contribution >= 0.6 is 0 Å². The molecule has 2 aromatic carbocycles. The molecule has 4 atom stereocenters. The maximum Gasteiger partial charge on any atom is 0.407 e. The van der Waals surface area contributed by atoms with E-state index in [1.807, 2.05) is 0 Å². The van der Waals surface area contributed by atoms with Crippen molar-refractivity contribution in [2.24, 2.45) is 0 Å². The normalized spacial score (nSPS) is 18.6. The summed E-state index contributed by atoms with van der Waals surface area (Å²) >= 11 is 0. The number of nitrogens with one attached hydrogen (secondary N) is 6. The van der Waals surface area contributed by atoms with Crippen LogP contribution in [-0.4, -0.2) is 133 Å². The molecule has 378 valence electrons. The van der Waals surface area contributed by atoms with Crippen LogP contribution in [0.3, 0.4) is 0 Å². The lowest BCUT2D eigenvalue weighted by Gasteiger charge is -2.39. The van der Waals surface area contributed by atoms with Gasteiger partial charge in [-0.05, 0) is 120 Å². The van der Waals surface area contributed by atoms with Crippen LogP contribution in [0.15, 0.2) is 36.4 Å². The van der Waals surface area contributed by atoms with Gasteiger partial charge in [0.25, 0.3) is 5.91 Å². The predicted octanol–water partition coefficient (Wildman–Crippen LogP) is 5.98. The van der Waals surface area contributed by atoms with Gasteiger partial charge < -0.3 is 76.0 Å². The molecular formula is C46H67N11O12. The molecule has 2 aliphatic rings. The molecule has 5 rings (SSSR count). The van der Waals surface area contributed by atoms with Gasteiger partial charge in [0.15, 0.2) is 0 Å². The number of hydrogen-bond donors (Lipinski definition) is 9. The highest BCUT2D eigenvalue weighted by Gasteiger charge is 2.38. The van der Waals surface area contributed by atoms with Gasteiger partial charge in [0, 0.05) is 44.0 Å². The first-order valence-electron chi connectivity index (χ1n) is 22.5. The average Bonchev–Trinajstić information content (AvgIpc) is 3.57. The number of anilines is 5. The number of piperidine rings is 1. The minimum atomic E-state index is -0.801. The maximum absolute atomic E-state index is 13.1. The third-order valence-electron chi connectivity index (χ3n) is 9.79. The molecule has 69 heavy (non-hydrogen) atoms. The monoisotopic (exact) mass is 965 g/mol. The van der Waals surface area contributed by atoms with Crippen LogP contribution in [0.5, 0.6) is 17.2 Å². The van der Waals surface area contributed by atoms with Crippen molar-refractivity contribution in [1.82, 2.24) is 36.2 Å². The van der Waals surface area contributed by atoms with E-state index in [1.165, 1.54) is 30.3 Å². The number of carbonyl (C=O) groups excluding carboxylic acids is 5. The number of carbonyl (C=O) groups is 5. The van der Waals surface area contributed by atoms with Gasteiger partial charge in [-0.3, -0.25) is 4.79 Å². The highest BCUT2D eigenvalue weighted by molar-refractivity contribution is 6.07. The van der Waals surface area contributed by atoms with Gasteiger partial charge in [-0.2, -0.15) is 15.0 Å². The molecule has 1 aromatic heterocycles. The number of phenols is 3. The smallest absolute Gasteiger partial charge is 0.407 e. The summed E-state index contributed by atoms with van der Waals surface area (Å²) < 4.78 is 22.2. The van der Waals surface area contributed by atoms with E-state index in [-0.39, 0.29) is 78.9 Å². The van der Waals surface area contributed by atoms with E-state index < -0.39 is 82.6 Å². The minimum absolute atomic E-state index is 0.00338. The molecule has 0 radical (unpaired) electrons. The average molecular weight is 966 g/mol. The van der Waals surface area contributed by atoms with Crippen molar-refractivity contribution < 1.29 is 58.2 Å². The summed E-state index contributed by atoms with van der Waals surface area (Å²) in [6.45, 7) is 21.4. The number of benzene rings is 2. The van der Waals surface area contributed by atoms with Gasteiger partial charge in [0.05, 0.1) is 35.4 Å². The van der Waals surface area contributed by atoms with E-state index >= 15 is 0 Å². The van der Waals surface area contributed by atoms with Crippen LogP contribution in [0.4, 0.5) is 48.4 Å². The van der Waals surface area contributed by atoms with Crippen LogP contribution in [0.1, 0.15) is 106 Å². The number of nitrogens with zero attached hydrogens (tertiary/aromatic N) is 5. The Morgan fingerprint density at radius 1 is 0.609 bits per heavy atom. The van der Waals surface area contributed by atoms with Gasteiger partial charge in [-0.1, -0.05) is 0 Å². The van der Waals surface area contributed by atoms with E-state index in [2.05, 4.69) is 31.9 Å². The zero-order valence-electron chi connectivity index (χ0n) is 41.3. The second kappa shape index (κ2) is 21.0. The van der Waals surface area contributed by atoms with E-state index in [1.54, 1.807) is 92.9 Å². The lowest BCUT2D eigenvalue weighted by Crippen LogP contribution is -2.58. The van der Waals surface area contributed by atoms with Crippen molar-refractivity contribution in [3.05, 3.63) is 42.0 Å². The number of rotatable bonds is 11. The van der Waals surface area contributed by atoms with Crippen LogP contribution < -0.4 is 41.7 Å². The fourth-order valence-electron chi connectivity index (χ4n) is 7.29. The van der Waals surface area contributed by atoms with Gasteiger partial charge in [-0.25, -0.2) is 19.2 Å². The van der Waals surface area contributed by atoms with E-state index in [4.69, 9.17) is 33.9 Å². The fourth-order valence-corrected chi connectivity index (χ4v) is 7.29.